The topological polar surface area (TPSA) is 281 Å². The van der Waals surface area contributed by atoms with Crippen LogP contribution in [0.4, 0.5) is 41.6 Å². The number of fused-ring (bicyclic) bond motifs is 4. The van der Waals surface area contributed by atoms with Crippen LogP contribution < -0.4 is 37.2 Å². The zero-order chi connectivity index (χ0) is 54.7. The minimum absolute atomic E-state index is 0.00880. The maximum atomic E-state index is 12.5. The molecule has 2 aliphatic carbocycles. The monoisotopic (exact) mass is 1040 g/mol. The zero-order valence-corrected chi connectivity index (χ0v) is 45.5. The van der Waals surface area contributed by atoms with Crippen molar-refractivity contribution in [2.45, 2.75) is 136 Å². The van der Waals surface area contributed by atoms with Crippen molar-refractivity contribution in [1.29, 1.82) is 0 Å². The van der Waals surface area contributed by atoms with E-state index < -0.39 is 22.2 Å². The van der Waals surface area contributed by atoms with E-state index in [1.165, 1.54) is 0 Å². The van der Waals surface area contributed by atoms with Gasteiger partial charge in [-0.15, -0.1) is 0 Å². The molecule has 3 aromatic heterocycles. The molecule has 2 aliphatic rings. The molecule has 0 bridgehead atoms. The number of aromatic nitrogens is 9. The summed E-state index contributed by atoms with van der Waals surface area (Å²) in [6.45, 7) is 19.7. The molecule has 20 heteroatoms. The summed E-state index contributed by atoms with van der Waals surface area (Å²) in [6.07, 6.45) is 5.11. The number of benzene rings is 4. The van der Waals surface area contributed by atoms with Gasteiger partial charge in [0.15, 0.2) is 11.3 Å². The fraction of sp³-hybridized carbons (Fsp3) is 0.421. The summed E-state index contributed by atoms with van der Waals surface area (Å²) in [4.78, 5) is 44.4. The van der Waals surface area contributed by atoms with Crippen molar-refractivity contribution in [3.63, 3.8) is 0 Å². The molecule has 0 radical (unpaired) electrons. The van der Waals surface area contributed by atoms with Crippen LogP contribution in [0.5, 0.6) is 23.0 Å². The lowest BCUT2D eigenvalue weighted by Gasteiger charge is -2.50. The first-order valence-electron chi connectivity index (χ1n) is 27.2. The van der Waals surface area contributed by atoms with Crippen LogP contribution in [-0.2, 0) is 35.0 Å². The van der Waals surface area contributed by atoms with Crippen molar-refractivity contribution in [3.05, 3.63) is 129 Å². The van der Waals surface area contributed by atoms with E-state index >= 15 is 0 Å². The Kier molecular flexibility index (Phi) is 15.1. The van der Waals surface area contributed by atoms with E-state index in [4.69, 9.17) is 39.9 Å². The number of aromatic hydroxyl groups is 4. The van der Waals surface area contributed by atoms with Crippen LogP contribution in [0.1, 0.15) is 157 Å². The van der Waals surface area contributed by atoms with Crippen LogP contribution in [0.2, 0.25) is 0 Å². The number of aryl methyl sites for hydroxylation is 2. The molecule has 0 spiro atoms. The second kappa shape index (κ2) is 21.7. The molecular weight excluding hydrogens is 973 g/mol. The van der Waals surface area contributed by atoms with Crippen LogP contribution in [0.15, 0.2) is 72.8 Å². The molecule has 2 atom stereocenters. The summed E-state index contributed by atoms with van der Waals surface area (Å²) in [5, 5.41) is 73.9. The van der Waals surface area contributed by atoms with Crippen molar-refractivity contribution >= 4 is 41.6 Å². The lowest BCUT2D eigenvalue weighted by atomic mass is 9.60. The number of phenols is 4. The molecule has 0 amide bonds. The first kappa shape index (κ1) is 53.5. The van der Waals surface area contributed by atoms with Crippen LogP contribution >= 0.6 is 0 Å². The molecule has 0 saturated carbocycles. The van der Waals surface area contributed by atoms with E-state index in [1.54, 1.807) is 36.4 Å². The van der Waals surface area contributed by atoms with Crippen molar-refractivity contribution in [3.8, 4) is 23.0 Å². The van der Waals surface area contributed by atoms with Gasteiger partial charge >= 0.3 is 0 Å². The number of hydrogen-bond acceptors (Lipinski definition) is 20. The average molecular weight is 1050 g/mol. The highest BCUT2D eigenvalue weighted by molar-refractivity contribution is 5.74. The number of anilines is 7. The van der Waals surface area contributed by atoms with Crippen molar-refractivity contribution in [2.24, 2.45) is 0 Å². The molecule has 11 N–H and O–H groups in total. The molecule has 77 heavy (non-hydrogen) atoms. The largest absolute Gasteiger partial charge is 0.508 e. The first-order chi connectivity index (χ1) is 37.3. The average Bonchev–Trinajstić information content (AvgIpc) is 3.60. The third kappa shape index (κ3) is 9.15. The van der Waals surface area contributed by atoms with Crippen molar-refractivity contribution < 1.29 is 20.4 Å². The maximum Gasteiger partial charge on any atom is 0.231 e. The zero-order valence-electron chi connectivity index (χ0n) is 45.5. The van der Waals surface area contributed by atoms with Gasteiger partial charge in [0.1, 0.15) is 34.6 Å². The molecule has 20 nitrogen and oxygen atoms in total. The number of nitrogens with zero attached hydrogens (tertiary/aromatic N) is 9. The number of hydrogen-bond donors (Lipinski definition) is 11. The first-order valence-corrected chi connectivity index (χ1v) is 27.2. The van der Waals surface area contributed by atoms with Crippen LogP contribution in [0, 0.1) is 0 Å². The molecule has 9 rings (SSSR count). The lowest BCUT2D eigenvalue weighted by molar-refractivity contribution is 0.381. The molecule has 2 unspecified atom stereocenters. The van der Waals surface area contributed by atoms with E-state index in [0.29, 0.717) is 115 Å². The molecule has 0 saturated heterocycles. The van der Waals surface area contributed by atoms with E-state index in [2.05, 4.69) is 83.7 Å². The maximum absolute atomic E-state index is 12.5. The number of phenolic OH excluding ortho intramolecular Hbond substituents is 4. The van der Waals surface area contributed by atoms with Gasteiger partial charge < -0.3 is 57.6 Å². The Balaban J connectivity index is 1.34. The normalized spacial score (nSPS) is 17.5. The third-order valence-electron chi connectivity index (χ3n) is 15.3. The number of rotatable bonds is 22. The summed E-state index contributed by atoms with van der Waals surface area (Å²) >= 11 is 0. The van der Waals surface area contributed by atoms with Gasteiger partial charge in [-0.25, -0.2) is 4.98 Å². The SMILES string of the molecule is CCCc1nc(CCC)nc(NC2(Nc3nc(NCC)nc(NC4(Nc5nc(NCC)nc(NCC)n5)c5cccc(O)c5C(CC)(CC)c5cccc(O)c54)n3)c3cccc(O)c3C(CC)(CC)c3cccc(O)c32)n1. The van der Waals surface area contributed by atoms with Crippen LogP contribution in [-0.4, -0.2) is 84.9 Å². The van der Waals surface area contributed by atoms with Crippen molar-refractivity contribution in [1.82, 2.24) is 44.9 Å². The smallest absolute Gasteiger partial charge is 0.231 e. The van der Waals surface area contributed by atoms with E-state index in [1.807, 2.05) is 57.2 Å². The Hall–Kier alpha value is -8.29. The van der Waals surface area contributed by atoms with Gasteiger partial charge in [-0.2, -0.15) is 39.9 Å². The molecule has 7 aromatic rings. The highest BCUT2D eigenvalue weighted by atomic mass is 16.3. The molecule has 404 valence electrons. The standard InChI is InChI=1S/C57H72N16O4/c1-10-23-41-61-42(24-11-2)63-50(62-41)70-56(35-27-21-29-37(74)43(35)54(12-3,13-4)33-25-19-31-39(76)45(33)56)72-52-67-49(60-18-9)68-53(69-52)73-57(71-51-65-47(58-16-7)64-48(66-51)59-17-8)36-28-22-30-38(75)44(36)55(14-5,15-6)34-26-20-32-40(77)46(34)57/h19-22,25-32,74-77H,10-18,23-24H2,1-9H3,(H,61,62,63,70)(H3,58,59,64,65,66,71)(H3,60,67,68,69,72,73). The Labute approximate surface area is 450 Å². The van der Waals surface area contributed by atoms with Gasteiger partial charge in [0.25, 0.3) is 0 Å². The van der Waals surface area contributed by atoms with Gasteiger partial charge in [-0.3, -0.25) is 0 Å². The molecule has 0 fully saturated rings. The van der Waals surface area contributed by atoms with Gasteiger partial charge in [0, 0.05) is 76.7 Å². The van der Waals surface area contributed by atoms with E-state index in [0.717, 1.165) is 24.0 Å². The summed E-state index contributed by atoms with van der Waals surface area (Å²) in [5.74, 6) is 2.40. The minimum Gasteiger partial charge on any atom is -0.508 e. The quantitative estimate of drug-likeness (QED) is 0.0282. The van der Waals surface area contributed by atoms with E-state index in [-0.39, 0.29) is 52.7 Å². The Morgan fingerprint density at radius 3 is 0.935 bits per heavy atom. The van der Waals surface area contributed by atoms with Crippen LogP contribution in [0.25, 0.3) is 0 Å². The Morgan fingerprint density at radius 1 is 0.338 bits per heavy atom. The predicted molar refractivity (Wildman–Crippen MR) is 301 cm³/mol. The molecular formula is C57H72N16O4. The number of nitrogens with one attached hydrogen (secondary N) is 7. The predicted octanol–water partition coefficient (Wildman–Crippen LogP) is 9.95. The molecule has 3 heterocycles. The second-order valence-corrected chi connectivity index (χ2v) is 19.6. The summed E-state index contributed by atoms with van der Waals surface area (Å²) < 4.78 is 0. The molecule has 0 aliphatic heterocycles. The van der Waals surface area contributed by atoms with E-state index in [9.17, 15) is 20.4 Å². The van der Waals surface area contributed by atoms with Gasteiger partial charge in [0.05, 0.1) is 0 Å². The van der Waals surface area contributed by atoms with Gasteiger partial charge in [-0.05, 0) is 94.7 Å². The van der Waals surface area contributed by atoms with Gasteiger partial charge in [0.2, 0.25) is 41.6 Å². The Bertz CT molecular complexity index is 3020. The highest BCUT2D eigenvalue weighted by Crippen LogP contribution is 2.59. The van der Waals surface area contributed by atoms with Crippen molar-refractivity contribution in [2.75, 3.05) is 56.9 Å². The fourth-order valence-corrected chi connectivity index (χ4v) is 12.0. The fourth-order valence-electron chi connectivity index (χ4n) is 12.0. The van der Waals surface area contributed by atoms with Crippen LogP contribution in [0.3, 0.4) is 0 Å². The third-order valence-corrected chi connectivity index (χ3v) is 15.3. The minimum atomic E-state index is -1.73. The lowest BCUT2D eigenvalue weighted by Crippen LogP contribution is -2.53. The summed E-state index contributed by atoms with van der Waals surface area (Å²) in [5.41, 5.74) is -0.141. The summed E-state index contributed by atoms with van der Waals surface area (Å²) in [6, 6.07) is 21.6. The second-order valence-electron chi connectivity index (χ2n) is 19.6. The Morgan fingerprint density at radius 2 is 0.623 bits per heavy atom. The molecule has 4 aromatic carbocycles. The van der Waals surface area contributed by atoms with Gasteiger partial charge in [-0.1, -0.05) is 90.1 Å². The highest BCUT2D eigenvalue weighted by Gasteiger charge is 2.55. The summed E-state index contributed by atoms with van der Waals surface area (Å²) in [7, 11) is 0.